The Morgan fingerprint density at radius 1 is 1.43 bits per heavy atom. The van der Waals surface area contributed by atoms with Gasteiger partial charge < -0.3 is 10.5 Å². The maximum Gasteiger partial charge on any atom is 0.246 e. The average Bonchev–Trinajstić information content (AvgIpc) is 2.93. The first-order valence-electron chi connectivity index (χ1n) is 6.41. The first-order valence-corrected chi connectivity index (χ1v) is 7.85. The van der Waals surface area contributed by atoms with Crippen LogP contribution in [0.1, 0.15) is 12.5 Å². The Labute approximate surface area is 123 Å². The van der Waals surface area contributed by atoms with Gasteiger partial charge >= 0.3 is 0 Å². The number of nitrogens with two attached hydrogens (primary N) is 1. The van der Waals surface area contributed by atoms with Crippen LogP contribution in [-0.2, 0) is 16.6 Å². The highest BCUT2D eigenvalue weighted by Gasteiger charge is 2.25. The molecule has 7 nitrogen and oxygen atoms in total. The molecule has 0 fully saturated rings. The lowest BCUT2D eigenvalue weighted by atomic mass is 10.3. The Kier molecular flexibility index (Phi) is 4.49. The van der Waals surface area contributed by atoms with Crippen molar-refractivity contribution in [2.45, 2.75) is 18.4 Å². The molecule has 1 heterocycles. The van der Waals surface area contributed by atoms with Crippen LogP contribution in [0.4, 0.5) is 5.69 Å². The third kappa shape index (κ3) is 3.34. The maximum absolute atomic E-state index is 12.7. The van der Waals surface area contributed by atoms with Crippen molar-refractivity contribution in [2.24, 2.45) is 0 Å². The Morgan fingerprint density at radius 2 is 2.19 bits per heavy atom. The highest BCUT2D eigenvalue weighted by molar-refractivity contribution is 7.89. The van der Waals surface area contributed by atoms with Gasteiger partial charge in [0.15, 0.2) is 0 Å². The fraction of sp³-hybridized carbons (Fsp3) is 0.308. The van der Waals surface area contributed by atoms with Gasteiger partial charge in [0.2, 0.25) is 10.0 Å². The van der Waals surface area contributed by atoms with E-state index < -0.39 is 10.0 Å². The lowest BCUT2D eigenvalue weighted by molar-refractivity contribution is 0.329. The second-order valence-electron chi connectivity index (χ2n) is 4.51. The van der Waals surface area contributed by atoms with Gasteiger partial charge in [-0.25, -0.2) is 8.42 Å². The molecule has 0 saturated heterocycles. The third-order valence-electron chi connectivity index (χ3n) is 2.92. The summed E-state index contributed by atoms with van der Waals surface area (Å²) < 4.78 is 31.9. The van der Waals surface area contributed by atoms with E-state index in [9.17, 15) is 8.42 Å². The molecule has 1 aromatic carbocycles. The molecule has 0 spiro atoms. The smallest absolute Gasteiger partial charge is 0.246 e. The minimum Gasteiger partial charge on any atom is -0.492 e. The standard InChI is InChI=1S/C13H18N4O3S/c1-3-20-12-5-4-11(14)6-13(12)21(18,19)17(2)9-10-7-15-16-8-10/h4-8H,3,9,14H2,1-2H3,(H,15,16). The van der Waals surface area contributed by atoms with Crippen LogP contribution < -0.4 is 10.5 Å². The lowest BCUT2D eigenvalue weighted by Crippen LogP contribution is -2.27. The number of H-pyrrole nitrogens is 1. The largest absolute Gasteiger partial charge is 0.492 e. The molecule has 0 amide bonds. The van der Waals surface area contributed by atoms with Gasteiger partial charge in [-0.05, 0) is 25.1 Å². The van der Waals surface area contributed by atoms with Crippen LogP contribution in [0.15, 0.2) is 35.5 Å². The Hall–Kier alpha value is -2.06. The van der Waals surface area contributed by atoms with E-state index in [-0.39, 0.29) is 11.4 Å². The molecule has 3 N–H and O–H groups in total. The molecule has 21 heavy (non-hydrogen) atoms. The van der Waals surface area contributed by atoms with Gasteiger partial charge in [0.25, 0.3) is 0 Å². The van der Waals surface area contributed by atoms with Gasteiger partial charge in [0.05, 0.1) is 12.8 Å². The summed E-state index contributed by atoms with van der Waals surface area (Å²) in [5.41, 5.74) is 6.84. The monoisotopic (exact) mass is 310 g/mol. The molecule has 2 aromatic rings. The van der Waals surface area contributed by atoms with Crippen molar-refractivity contribution in [1.29, 1.82) is 0 Å². The SMILES string of the molecule is CCOc1ccc(N)cc1S(=O)(=O)N(C)Cc1cn[nH]c1. The average molecular weight is 310 g/mol. The van der Waals surface area contributed by atoms with E-state index in [1.165, 1.54) is 17.4 Å². The zero-order valence-corrected chi connectivity index (χ0v) is 12.7. The highest BCUT2D eigenvalue weighted by Crippen LogP contribution is 2.29. The van der Waals surface area contributed by atoms with Gasteiger partial charge in [0.1, 0.15) is 10.6 Å². The number of rotatable bonds is 6. The van der Waals surface area contributed by atoms with E-state index in [1.54, 1.807) is 31.5 Å². The molecule has 0 saturated carbocycles. The maximum atomic E-state index is 12.7. The number of hydrogen-bond acceptors (Lipinski definition) is 5. The van der Waals surface area contributed by atoms with Crippen LogP contribution in [0.25, 0.3) is 0 Å². The molecular weight excluding hydrogens is 292 g/mol. The number of hydrogen-bond donors (Lipinski definition) is 2. The van der Waals surface area contributed by atoms with Crippen LogP contribution in [0.5, 0.6) is 5.75 Å². The van der Waals surface area contributed by atoms with Gasteiger partial charge in [-0.15, -0.1) is 0 Å². The number of ether oxygens (including phenoxy) is 1. The topological polar surface area (TPSA) is 101 Å². The zero-order chi connectivity index (χ0) is 15.5. The Bertz CT molecular complexity index is 698. The predicted octanol–water partition coefficient (Wildman–Crippen LogP) is 1.21. The number of nitrogens with zero attached hydrogens (tertiary/aromatic N) is 2. The summed E-state index contributed by atoms with van der Waals surface area (Å²) in [6.07, 6.45) is 3.23. The van der Waals surface area contributed by atoms with Crippen molar-refractivity contribution in [3.8, 4) is 5.75 Å². The predicted molar refractivity (Wildman–Crippen MR) is 79.3 cm³/mol. The molecule has 114 valence electrons. The molecule has 0 aliphatic carbocycles. The lowest BCUT2D eigenvalue weighted by Gasteiger charge is -2.19. The van der Waals surface area contributed by atoms with Crippen LogP contribution in [0.3, 0.4) is 0 Å². The second kappa shape index (κ2) is 6.15. The van der Waals surface area contributed by atoms with E-state index in [0.29, 0.717) is 18.0 Å². The molecule has 1 aromatic heterocycles. The molecule has 2 rings (SSSR count). The molecule has 8 heteroatoms. The number of aromatic nitrogens is 2. The van der Waals surface area contributed by atoms with Gasteiger partial charge in [-0.3, -0.25) is 5.10 Å². The normalized spacial score (nSPS) is 11.8. The minimum absolute atomic E-state index is 0.0651. The molecule has 0 aliphatic heterocycles. The van der Waals surface area contributed by atoms with E-state index in [2.05, 4.69) is 10.2 Å². The Morgan fingerprint density at radius 3 is 2.81 bits per heavy atom. The Balaban J connectivity index is 2.36. The fourth-order valence-corrected chi connectivity index (χ4v) is 3.20. The van der Waals surface area contributed by atoms with E-state index >= 15 is 0 Å². The van der Waals surface area contributed by atoms with Gasteiger partial charge in [0, 0.05) is 31.0 Å². The van der Waals surface area contributed by atoms with Crippen LogP contribution in [-0.4, -0.2) is 36.6 Å². The molecule has 0 aliphatic rings. The number of aromatic amines is 1. The summed E-state index contributed by atoms with van der Waals surface area (Å²) in [5, 5.41) is 6.45. The highest BCUT2D eigenvalue weighted by atomic mass is 32.2. The number of benzene rings is 1. The summed E-state index contributed by atoms with van der Waals surface area (Å²) >= 11 is 0. The summed E-state index contributed by atoms with van der Waals surface area (Å²) in [6, 6.07) is 4.59. The third-order valence-corrected chi connectivity index (χ3v) is 4.74. The van der Waals surface area contributed by atoms with Crippen molar-refractivity contribution < 1.29 is 13.2 Å². The van der Waals surface area contributed by atoms with Crippen LogP contribution >= 0.6 is 0 Å². The van der Waals surface area contributed by atoms with Gasteiger partial charge in [-0.2, -0.15) is 9.40 Å². The van der Waals surface area contributed by atoms with E-state index in [0.717, 1.165) is 5.56 Å². The van der Waals surface area contributed by atoms with Crippen LogP contribution in [0.2, 0.25) is 0 Å². The van der Waals surface area contributed by atoms with Crippen molar-refractivity contribution in [3.05, 3.63) is 36.2 Å². The second-order valence-corrected chi connectivity index (χ2v) is 6.52. The molecule has 0 radical (unpaired) electrons. The van der Waals surface area contributed by atoms with E-state index in [1.807, 2.05) is 0 Å². The molecule has 0 bridgehead atoms. The molecule has 0 unspecified atom stereocenters. The summed E-state index contributed by atoms with van der Waals surface area (Å²) in [7, 11) is -2.20. The van der Waals surface area contributed by atoms with Crippen LogP contribution in [0, 0.1) is 0 Å². The summed E-state index contributed by atoms with van der Waals surface area (Å²) in [6.45, 7) is 2.37. The first-order chi connectivity index (χ1) is 9.95. The summed E-state index contributed by atoms with van der Waals surface area (Å²) in [4.78, 5) is 0.0651. The quantitative estimate of drug-likeness (QED) is 0.781. The van der Waals surface area contributed by atoms with Crippen molar-refractivity contribution in [2.75, 3.05) is 19.4 Å². The van der Waals surface area contributed by atoms with Crippen molar-refractivity contribution >= 4 is 15.7 Å². The first kappa shape index (κ1) is 15.3. The van der Waals surface area contributed by atoms with Crippen molar-refractivity contribution in [1.82, 2.24) is 14.5 Å². The zero-order valence-electron chi connectivity index (χ0n) is 11.9. The van der Waals surface area contributed by atoms with Gasteiger partial charge in [-0.1, -0.05) is 0 Å². The molecule has 0 atom stereocenters. The number of sulfonamides is 1. The minimum atomic E-state index is -3.70. The number of nitrogens with one attached hydrogen (secondary N) is 1. The van der Waals surface area contributed by atoms with E-state index in [4.69, 9.17) is 10.5 Å². The fourth-order valence-electron chi connectivity index (χ4n) is 1.88. The number of anilines is 1. The summed E-state index contributed by atoms with van der Waals surface area (Å²) in [5.74, 6) is 0.297. The molecular formula is C13H18N4O3S. The van der Waals surface area contributed by atoms with Crippen molar-refractivity contribution in [3.63, 3.8) is 0 Å². The number of nitrogen functional groups attached to an aromatic ring is 1.